The van der Waals surface area contributed by atoms with Gasteiger partial charge in [-0.3, -0.25) is 4.79 Å². The maximum atomic E-state index is 12.9. The number of carbonyl (C=O) groups is 2. The Balaban J connectivity index is 1.23. The Bertz CT molecular complexity index is 1400. The zero-order valence-corrected chi connectivity index (χ0v) is 22.3. The Labute approximate surface area is 227 Å². The van der Waals surface area contributed by atoms with E-state index in [1.807, 2.05) is 60.7 Å². The number of oxime groups is 1. The van der Waals surface area contributed by atoms with Gasteiger partial charge in [0.05, 0.1) is 5.71 Å². The number of hydrogen-bond acceptors (Lipinski definition) is 6. The number of benzene rings is 3. The van der Waals surface area contributed by atoms with Crippen molar-refractivity contribution in [3.8, 4) is 0 Å². The topological polar surface area (TPSA) is 68.9 Å². The van der Waals surface area contributed by atoms with E-state index in [1.54, 1.807) is 17.8 Å². The van der Waals surface area contributed by atoms with Crippen LogP contribution in [0.2, 0.25) is 0 Å². The van der Waals surface area contributed by atoms with E-state index in [0.29, 0.717) is 16.9 Å². The SMILES string of the molecule is CC(=O)ON=C(CCC1CCCCC1)c1ccc(Sc2ccc(C(=O)c3cc4ccccc4o3)cc2)cc1. The number of ketones is 1. The number of fused-ring (bicyclic) bond motifs is 1. The molecule has 1 aliphatic carbocycles. The average molecular weight is 526 g/mol. The van der Waals surface area contributed by atoms with Crippen molar-refractivity contribution in [2.75, 3.05) is 0 Å². The van der Waals surface area contributed by atoms with E-state index < -0.39 is 5.97 Å². The van der Waals surface area contributed by atoms with E-state index in [0.717, 1.165) is 45.2 Å². The first-order valence-electron chi connectivity index (χ1n) is 13.2. The summed E-state index contributed by atoms with van der Waals surface area (Å²) in [6, 6.07) is 25.1. The smallest absolute Gasteiger partial charge is 0.331 e. The molecule has 0 amide bonds. The summed E-state index contributed by atoms with van der Waals surface area (Å²) in [5.41, 5.74) is 3.09. The summed E-state index contributed by atoms with van der Waals surface area (Å²) in [7, 11) is 0. The van der Waals surface area contributed by atoms with Crippen LogP contribution in [0.5, 0.6) is 0 Å². The van der Waals surface area contributed by atoms with Gasteiger partial charge in [-0.15, -0.1) is 0 Å². The summed E-state index contributed by atoms with van der Waals surface area (Å²) in [4.78, 5) is 31.4. The lowest BCUT2D eigenvalue weighted by molar-refractivity contribution is -0.140. The fraction of sp³-hybridized carbons (Fsp3) is 0.281. The normalized spacial score (nSPS) is 14.5. The third kappa shape index (κ3) is 6.62. The Morgan fingerprint density at radius 3 is 2.21 bits per heavy atom. The van der Waals surface area contributed by atoms with Crippen LogP contribution in [0.3, 0.4) is 0 Å². The zero-order valence-electron chi connectivity index (χ0n) is 21.5. The number of furan rings is 1. The van der Waals surface area contributed by atoms with Crippen molar-refractivity contribution in [2.24, 2.45) is 11.1 Å². The molecule has 6 heteroatoms. The first-order chi connectivity index (χ1) is 18.5. The summed E-state index contributed by atoms with van der Waals surface area (Å²) in [6.45, 7) is 1.37. The molecule has 194 valence electrons. The second kappa shape index (κ2) is 12.3. The van der Waals surface area contributed by atoms with Crippen LogP contribution in [-0.4, -0.2) is 17.5 Å². The fourth-order valence-electron chi connectivity index (χ4n) is 4.94. The van der Waals surface area contributed by atoms with Crippen molar-refractivity contribution in [3.05, 3.63) is 95.7 Å². The summed E-state index contributed by atoms with van der Waals surface area (Å²) < 4.78 is 5.73. The first-order valence-corrected chi connectivity index (χ1v) is 14.0. The van der Waals surface area contributed by atoms with Crippen LogP contribution in [-0.2, 0) is 9.63 Å². The van der Waals surface area contributed by atoms with Crippen molar-refractivity contribution in [3.63, 3.8) is 0 Å². The molecule has 1 fully saturated rings. The minimum Gasteiger partial charge on any atom is -0.453 e. The van der Waals surface area contributed by atoms with Gasteiger partial charge in [-0.2, -0.15) is 0 Å². The van der Waals surface area contributed by atoms with Gasteiger partial charge in [0.25, 0.3) is 0 Å². The molecular formula is C32H31NO4S. The number of nitrogens with zero attached hydrogens (tertiary/aromatic N) is 1. The van der Waals surface area contributed by atoms with Gasteiger partial charge in [0.15, 0.2) is 5.76 Å². The average Bonchev–Trinajstić information content (AvgIpc) is 3.39. The minimum absolute atomic E-state index is 0.130. The molecule has 1 heterocycles. The van der Waals surface area contributed by atoms with Gasteiger partial charge in [0.1, 0.15) is 5.58 Å². The Hall–Kier alpha value is -3.64. The standard InChI is InChI=1S/C32H31NO4S/c1-22(34)37-33-29(20-11-23-7-3-2-4-8-23)24-12-16-27(17-13-24)38-28-18-14-25(15-19-28)32(35)31-21-26-9-5-6-10-30(26)36-31/h5-6,9-10,12-19,21,23H,2-4,7-8,11,20H2,1H3. The second-order valence-electron chi connectivity index (χ2n) is 9.79. The van der Waals surface area contributed by atoms with Crippen molar-refractivity contribution < 1.29 is 18.8 Å². The number of para-hydroxylation sites is 1. The summed E-state index contributed by atoms with van der Waals surface area (Å²) in [6.07, 6.45) is 8.37. The molecule has 0 radical (unpaired) electrons. The van der Waals surface area contributed by atoms with Gasteiger partial charge in [-0.1, -0.05) is 79.4 Å². The quantitative estimate of drug-likeness (QED) is 0.0949. The van der Waals surface area contributed by atoms with Gasteiger partial charge in [-0.05, 0) is 72.9 Å². The lowest BCUT2D eigenvalue weighted by Gasteiger charge is -2.21. The zero-order chi connectivity index (χ0) is 26.3. The van der Waals surface area contributed by atoms with E-state index in [1.165, 1.54) is 39.0 Å². The molecule has 3 aromatic carbocycles. The van der Waals surface area contributed by atoms with Crippen molar-refractivity contribution in [2.45, 2.75) is 61.7 Å². The Morgan fingerprint density at radius 1 is 0.895 bits per heavy atom. The van der Waals surface area contributed by atoms with Gasteiger partial charge in [-0.25, -0.2) is 4.79 Å². The van der Waals surface area contributed by atoms with Gasteiger partial charge < -0.3 is 9.25 Å². The molecule has 0 spiro atoms. The number of rotatable bonds is 9. The molecule has 1 aromatic heterocycles. The van der Waals surface area contributed by atoms with Crippen molar-refractivity contribution in [1.82, 2.24) is 0 Å². The van der Waals surface area contributed by atoms with Crippen LogP contribution in [0.15, 0.2) is 98.2 Å². The highest BCUT2D eigenvalue weighted by atomic mass is 32.2. The third-order valence-corrected chi connectivity index (χ3v) is 8.00. The predicted molar refractivity (Wildman–Crippen MR) is 151 cm³/mol. The van der Waals surface area contributed by atoms with E-state index in [4.69, 9.17) is 9.25 Å². The van der Waals surface area contributed by atoms with E-state index >= 15 is 0 Å². The molecule has 4 aromatic rings. The summed E-state index contributed by atoms with van der Waals surface area (Å²) >= 11 is 1.62. The van der Waals surface area contributed by atoms with E-state index in [9.17, 15) is 9.59 Å². The maximum Gasteiger partial charge on any atom is 0.331 e. The second-order valence-corrected chi connectivity index (χ2v) is 10.9. The first kappa shape index (κ1) is 26.0. The monoisotopic (exact) mass is 525 g/mol. The van der Waals surface area contributed by atoms with Crippen LogP contribution in [0.4, 0.5) is 0 Å². The lowest BCUT2D eigenvalue weighted by atomic mass is 9.85. The molecule has 0 bridgehead atoms. The van der Waals surface area contributed by atoms with Gasteiger partial charge >= 0.3 is 5.97 Å². The van der Waals surface area contributed by atoms with Crippen LogP contribution >= 0.6 is 11.8 Å². The van der Waals surface area contributed by atoms with Crippen LogP contribution in [0, 0.1) is 5.92 Å². The largest absolute Gasteiger partial charge is 0.453 e. The van der Waals surface area contributed by atoms with E-state index in [2.05, 4.69) is 17.3 Å². The molecule has 0 atom stereocenters. The molecule has 0 saturated heterocycles. The summed E-state index contributed by atoms with van der Waals surface area (Å²) in [5, 5.41) is 5.10. The third-order valence-electron chi connectivity index (χ3n) is 6.99. The molecular weight excluding hydrogens is 494 g/mol. The molecule has 5 rings (SSSR count). The van der Waals surface area contributed by atoms with E-state index in [-0.39, 0.29) is 5.78 Å². The molecule has 0 N–H and O–H groups in total. The van der Waals surface area contributed by atoms with Crippen LogP contribution in [0.25, 0.3) is 11.0 Å². The molecule has 0 aliphatic heterocycles. The number of carbonyl (C=O) groups excluding carboxylic acids is 2. The van der Waals surface area contributed by atoms with Crippen LogP contribution < -0.4 is 0 Å². The van der Waals surface area contributed by atoms with Crippen molar-refractivity contribution in [1.29, 1.82) is 0 Å². The molecule has 1 aliphatic rings. The summed E-state index contributed by atoms with van der Waals surface area (Å²) in [5.74, 6) is 0.532. The van der Waals surface area contributed by atoms with Gasteiger partial charge in [0, 0.05) is 27.7 Å². The predicted octanol–water partition coefficient (Wildman–Crippen LogP) is 8.44. The minimum atomic E-state index is -0.408. The highest BCUT2D eigenvalue weighted by molar-refractivity contribution is 7.99. The maximum absolute atomic E-state index is 12.9. The Morgan fingerprint density at radius 2 is 1.55 bits per heavy atom. The Kier molecular flexibility index (Phi) is 8.39. The van der Waals surface area contributed by atoms with Gasteiger partial charge in [0.2, 0.25) is 5.78 Å². The van der Waals surface area contributed by atoms with Crippen molar-refractivity contribution >= 4 is 40.2 Å². The fourth-order valence-corrected chi connectivity index (χ4v) is 5.76. The highest BCUT2D eigenvalue weighted by Gasteiger charge is 2.17. The molecule has 1 saturated carbocycles. The highest BCUT2D eigenvalue weighted by Crippen LogP contribution is 2.31. The molecule has 5 nitrogen and oxygen atoms in total. The molecule has 0 unspecified atom stereocenters. The number of hydrogen-bond donors (Lipinski definition) is 0. The lowest BCUT2D eigenvalue weighted by Crippen LogP contribution is -2.10. The molecule has 38 heavy (non-hydrogen) atoms. The van der Waals surface area contributed by atoms with Crippen LogP contribution in [0.1, 0.15) is 73.6 Å².